The zero-order chi connectivity index (χ0) is 31.8. The molecular weight excluding hydrogens is 658 g/mol. The molecule has 0 unspecified atom stereocenters. The van der Waals surface area contributed by atoms with E-state index in [0.29, 0.717) is 33.7 Å². The van der Waals surface area contributed by atoms with E-state index in [1.54, 1.807) is 36.4 Å². The smallest absolute Gasteiger partial charge is 0.271 e. The number of nitro benzene ring substituents is 1. The largest absolute Gasteiger partial charge is 0.490 e. The summed E-state index contributed by atoms with van der Waals surface area (Å²) < 4.78 is 12.4. The van der Waals surface area contributed by atoms with Crippen molar-refractivity contribution in [1.29, 1.82) is 0 Å². The zero-order valence-corrected chi connectivity index (χ0v) is 26.7. The van der Waals surface area contributed by atoms with Gasteiger partial charge in [0.1, 0.15) is 6.61 Å². The third kappa shape index (κ3) is 8.31. The number of halogens is 1. The molecule has 12 heteroatoms. The third-order valence-corrected chi connectivity index (χ3v) is 7.97. The van der Waals surface area contributed by atoms with E-state index in [4.69, 9.17) is 9.47 Å². The molecule has 0 bridgehead atoms. The molecule has 10 nitrogen and oxygen atoms in total. The van der Waals surface area contributed by atoms with Gasteiger partial charge in [0.25, 0.3) is 11.6 Å². The van der Waals surface area contributed by atoms with Crippen molar-refractivity contribution in [2.75, 3.05) is 11.9 Å². The number of anilines is 2. The highest BCUT2D eigenvalue weighted by atomic mass is 79.9. The highest BCUT2D eigenvalue weighted by Crippen LogP contribution is 2.34. The molecule has 1 amide bonds. The van der Waals surface area contributed by atoms with E-state index in [9.17, 15) is 14.9 Å². The fourth-order valence-electron chi connectivity index (χ4n) is 4.15. The Morgan fingerprint density at radius 2 is 1.73 bits per heavy atom. The molecule has 0 atom stereocenters. The van der Waals surface area contributed by atoms with Crippen LogP contribution in [0.1, 0.15) is 34.0 Å². The average Bonchev–Trinajstić information content (AvgIpc) is 3.51. The normalized spacial score (nSPS) is 10.9. The summed E-state index contributed by atoms with van der Waals surface area (Å²) in [6.07, 6.45) is 1.51. The Labute approximate surface area is 272 Å². The molecule has 5 aromatic rings. The summed E-state index contributed by atoms with van der Waals surface area (Å²) in [6.45, 7) is 4.51. The number of nitrogens with zero attached hydrogens (tertiary/aromatic N) is 3. The van der Waals surface area contributed by atoms with Gasteiger partial charge >= 0.3 is 0 Å². The van der Waals surface area contributed by atoms with Crippen LogP contribution in [0.25, 0.3) is 11.3 Å². The monoisotopic (exact) mass is 685 g/mol. The highest BCUT2D eigenvalue weighted by Gasteiger charge is 2.12. The summed E-state index contributed by atoms with van der Waals surface area (Å²) in [6, 6.07) is 24.9. The van der Waals surface area contributed by atoms with Crippen LogP contribution in [0.15, 0.2) is 99.9 Å². The predicted octanol–water partition coefficient (Wildman–Crippen LogP) is 8.27. The summed E-state index contributed by atoms with van der Waals surface area (Å²) in [4.78, 5) is 27.9. The number of carbonyl (C=O) groups is 1. The predicted molar refractivity (Wildman–Crippen MR) is 180 cm³/mol. The number of amides is 1. The maximum Gasteiger partial charge on any atom is 0.271 e. The third-order valence-electron chi connectivity index (χ3n) is 6.52. The molecule has 0 aliphatic carbocycles. The number of rotatable bonds is 12. The molecule has 45 heavy (non-hydrogen) atoms. The molecule has 0 saturated heterocycles. The molecule has 0 aliphatic rings. The van der Waals surface area contributed by atoms with Crippen molar-refractivity contribution in [1.82, 2.24) is 10.4 Å². The Morgan fingerprint density at radius 3 is 2.42 bits per heavy atom. The van der Waals surface area contributed by atoms with Crippen LogP contribution in [0.4, 0.5) is 16.5 Å². The van der Waals surface area contributed by atoms with E-state index in [1.807, 2.05) is 55.6 Å². The van der Waals surface area contributed by atoms with Crippen LogP contribution >= 0.6 is 27.3 Å². The van der Waals surface area contributed by atoms with E-state index in [-0.39, 0.29) is 18.2 Å². The van der Waals surface area contributed by atoms with Gasteiger partial charge in [-0.3, -0.25) is 14.9 Å². The molecule has 0 saturated carbocycles. The second-order valence-corrected chi connectivity index (χ2v) is 11.5. The van der Waals surface area contributed by atoms with E-state index in [0.717, 1.165) is 27.6 Å². The average molecular weight is 687 g/mol. The van der Waals surface area contributed by atoms with E-state index >= 15 is 0 Å². The number of hydrogen-bond acceptors (Lipinski definition) is 9. The number of carbonyl (C=O) groups excluding carboxylic acids is 1. The molecule has 0 radical (unpaired) electrons. The number of aryl methyl sites for hydroxylation is 1. The maximum absolute atomic E-state index is 12.8. The van der Waals surface area contributed by atoms with Gasteiger partial charge in [-0.2, -0.15) is 5.10 Å². The van der Waals surface area contributed by atoms with Crippen LogP contribution < -0.4 is 20.2 Å². The molecule has 0 fully saturated rings. The number of ether oxygens (including phenoxy) is 2. The number of nitro groups is 1. The number of benzene rings is 4. The minimum absolute atomic E-state index is 0.0148. The van der Waals surface area contributed by atoms with E-state index in [1.165, 1.54) is 35.2 Å². The lowest BCUT2D eigenvalue weighted by atomic mass is 10.1. The van der Waals surface area contributed by atoms with Gasteiger partial charge in [-0.15, -0.1) is 11.3 Å². The van der Waals surface area contributed by atoms with Gasteiger partial charge in [-0.25, -0.2) is 10.4 Å². The van der Waals surface area contributed by atoms with Gasteiger partial charge in [0.15, 0.2) is 16.6 Å². The first-order valence-electron chi connectivity index (χ1n) is 13.8. The summed E-state index contributed by atoms with van der Waals surface area (Å²) in [5.41, 5.74) is 8.33. The molecule has 0 aliphatic heterocycles. The first kappa shape index (κ1) is 31.4. The molecule has 1 aromatic heterocycles. The number of hydrogen-bond donors (Lipinski definition) is 2. The quantitative estimate of drug-likeness (QED) is 0.0768. The van der Waals surface area contributed by atoms with Crippen molar-refractivity contribution in [2.24, 2.45) is 5.10 Å². The minimum Gasteiger partial charge on any atom is -0.490 e. The maximum atomic E-state index is 12.8. The Morgan fingerprint density at radius 1 is 1.02 bits per heavy atom. The zero-order valence-electron chi connectivity index (χ0n) is 24.3. The van der Waals surface area contributed by atoms with Crippen molar-refractivity contribution >= 4 is 55.9 Å². The topological polar surface area (TPSA) is 128 Å². The van der Waals surface area contributed by atoms with Gasteiger partial charge in [0.2, 0.25) is 0 Å². The summed E-state index contributed by atoms with van der Waals surface area (Å²) in [5.74, 6) is 0.619. The first-order valence-corrected chi connectivity index (χ1v) is 15.5. The van der Waals surface area contributed by atoms with Crippen molar-refractivity contribution in [3.8, 4) is 22.8 Å². The molecule has 0 spiro atoms. The molecule has 4 aromatic carbocycles. The second kappa shape index (κ2) is 14.6. The minimum atomic E-state index is -0.446. The highest BCUT2D eigenvalue weighted by molar-refractivity contribution is 9.10. The first-order chi connectivity index (χ1) is 21.8. The van der Waals surface area contributed by atoms with Gasteiger partial charge in [0, 0.05) is 44.4 Å². The van der Waals surface area contributed by atoms with Crippen molar-refractivity contribution in [2.45, 2.75) is 20.5 Å². The lowest BCUT2D eigenvalue weighted by Crippen LogP contribution is -2.17. The lowest BCUT2D eigenvalue weighted by Gasteiger charge is -2.14. The van der Waals surface area contributed by atoms with Crippen LogP contribution in [0.3, 0.4) is 0 Å². The number of non-ortho nitro benzene ring substituents is 1. The molecule has 5 rings (SSSR count). The SMILES string of the molecule is CCOc1cc(/C=N\NC(=O)c2ccc(-c3csc(Nc4ccc(C)cc4)n3)cc2)c(Br)cc1OCc1ccc([N+](=O)[O-])cc1. The fourth-order valence-corrected chi connectivity index (χ4v) is 5.31. The van der Waals surface area contributed by atoms with Crippen LogP contribution in [0.5, 0.6) is 11.5 Å². The van der Waals surface area contributed by atoms with Gasteiger partial charge in [0.05, 0.1) is 23.4 Å². The van der Waals surface area contributed by atoms with Gasteiger partial charge in [-0.05, 0) is 83.9 Å². The Kier molecular flexibility index (Phi) is 10.2. The summed E-state index contributed by atoms with van der Waals surface area (Å²) in [7, 11) is 0. The Hall–Kier alpha value is -5.07. The van der Waals surface area contributed by atoms with E-state index in [2.05, 4.69) is 36.8 Å². The van der Waals surface area contributed by atoms with Gasteiger partial charge < -0.3 is 14.8 Å². The Balaban J connectivity index is 1.19. The van der Waals surface area contributed by atoms with Crippen molar-refractivity contribution in [3.63, 3.8) is 0 Å². The molecular formula is C33H28BrN5O5S. The number of thiazole rings is 1. The van der Waals surface area contributed by atoms with Crippen LogP contribution in [0, 0.1) is 17.0 Å². The number of hydrazone groups is 1. The van der Waals surface area contributed by atoms with Crippen LogP contribution in [-0.4, -0.2) is 28.6 Å². The molecule has 1 heterocycles. The summed E-state index contributed by atoms with van der Waals surface area (Å²) >= 11 is 5.04. The fraction of sp³-hybridized carbons (Fsp3) is 0.121. The van der Waals surface area contributed by atoms with Crippen molar-refractivity contribution in [3.05, 3.63) is 127 Å². The number of aromatic nitrogens is 1. The number of nitrogens with one attached hydrogen (secondary N) is 2. The Bertz CT molecular complexity index is 1820. The van der Waals surface area contributed by atoms with E-state index < -0.39 is 4.92 Å². The van der Waals surface area contributed by atoms with Gasteiger partial charge in [-0.1, -0.05) is 29.8 Å². The van der Waals surface area contributed by atoms with Crippen molar-refractivity contribution < 1.29 is 19.2 Å². The molecule has 2 N–H and O–H groups in total. The van der Waals surface area contributed by atoms with Crippen LogP contribution in [0.2, 0.25) is 0 Å². The lowest BCUT2D eigenvalue weighted by molar-refractivity contribution is -0.384. The standard InChI is InChI=1S/C33H28BrN5O5S/c1-3-43-30-16-25(28(34)17-31(30)44-19-22-6-14-27(15-7-22)39(41)42)18-35-38-32(40)24-10-8-23(9-11-24)29-20-45-33(37-29)36-26-12-4-21(2)5-13-26/h4-18,20H,3,19H2,1-2H3,(H,36,37)(H,38,40)/b35-18-. The molecule has 228 valence electrons. The van der Waals surface area contributed by atoms with Crippen LogP contribution in [-0.2, 0) is 6.61 Å². The second-order valence-electron chi connectivity index (χ2n) is 9.77. The summed E-state index contributed by atoms with van der Waals surface area (Å²) in [5, 5.41) is 21.1.